The maximum absolute atomic E-state index is 5.19. The average molecular weight is 200 g/mol. The summed E-state index contributed by atoms with van der Waals surface area (Å²) in [4.78, 5) is 1.28. The predicted molar refractivity (Wildman–Crippen MR) is 57.3 cm³/mol. The number of benzene rings is 1. The van der Waals surface area contributed by atoms with Crippen molar-refractivity contribution in [1.82, 2.24) is 0 Å². The second kappa shape index (κ2) is 5.38. The molecule has 0 N–H and O–H groups in total. The topological polar surface area (TPSA) is 9.23 Å². The molecule has 1 aromatic rings. The Morgan fingerprint density at radius 2 is 2.00 bits per heavy atom. The number of ether oxygens (including phenoxy) is 1. The molecule has 0 spiro atoms. The summed E-state index contributed by atoms with van der Waals surface area (Å²) in [5.41, 5.74) is 0. The number of hydrogen-bond acceptors (Lipinski definition) is 3. The van der Waals surface area contributed by atoms with Crippen LogP contribution < -0.4 is 4.74 Å². The molecule has 1 nitrogen and oxygen atoms in total. The highest BCUT2D eigenvalue weighted by Crippen LogP contribution is 2.20. The number of thioether (sulfide) groups is 1. The first kappa shape index (κ1) is 9.81. The van der Waals surface area contributed by atoms with Crippen molar-refractivity contribution < 1.29 is 4.74 Å². The number of thiol groups is 1. The van der Waals surface area contributed by atoms with Gasteiger partial charge in [-0.15, -0.1) is 24.4 Å². The van der Waals surface area contributed by atoms with Gasteiger partial charge < -0.3 is 4.74 Å². The first-order chi connectivity index (χ1) is 5.86. The third-order valence-electron chi connectivity index (χ3n) is 1.37. The van der Waals surface area contributed by atoms with Crippen LogP contribution in [0.5, 0.6) is 5.75 Å². The average Bonchev–Trinajstić information content (AvgIpc) is 2.09. The van der Waals surface area contributed by atoms with E-state index in [1.807, 2.05) is 23.9 Å². The van der Waals surface area contributed by atoms with E-state index in [0.29, 0.717) is 5.94 Å². The van der Waals surface area contributed by atoms with Crippen LogP contribution in [0, 0.1) is 0 Å². The molecule has 0 bridgehead atoms. The van der Waals surface area contributed by atoms with Crippen LogP contribution in [0.3, 0.4) is 0 Å². The maximum Gasteiger partial charge on any atom is 0.131 e. The predicted octanol–water partition coefficient (Wildman–Crippen LogP) is 3.06. The zero-order valence-corrected chi connectivity index (χ0v) is 8.70. The lowest BCUT2D eigenvalue weighted by molar-refractivity contribution is 0.394. The van der Waals surface area contributed by atoms with E-state index >= 15 is 0 Å². The van der Waals surface area contributed by atoms with E-state index in [-0.39, 0.29) is 0 Å². The van der Waals surface area contributed by atoms with Crippen LogP contribution in [-0.2, 0) is 0 Å². The van der Waals surface area contributed by atoms with Gasteiger partial charge in [-0.05, 0) is 30.0 Å². The van der Waals surface area contributed by atoms with Crippen LogP contribution in [0.4, 0.5) is 0 Å². The van der Waals surface area contributed by atoms with Crippen LogP contribution in [0.2, 0.25) is 0 Å². The van der Waals surface area contributed by atoms with Crippen LogP contribution in [0.15, 0.2) is 29.2 Å². The normalized spacial score (nSPS) is 9.83. The van der Waals surface area contributed by atoms with Gasteiger partial charge in [0.2, 0.25) is 0 Å². The molecule has 0 unspecified atom stereocenters. The Morgan fingerprint density at radius 1 is 1.33 bits per heavy atom. The molecule has 0 aliphatic carbocycles. The highest BCUT2D eigenvalue weighted by Gasteiger charge is 1.93. The number of hydrogen-bond donors (Lipinski definition) is 1. The van der Waals surface area contributed by atoms with E-state index in [4.69, 9.17) is 4.74 Å². The SMILES string of the molecule is CCSc1ccc(OCS)cc1. The Bertz CT molecular complexity index is 195. The molecule has 0 saturated heterocycles. The standard InChI is InChI=1S/C9H12OS2/c1-2-12-9-5-3-8(4-6-9)10-7-11/h3-6,11H,2,7H2,1H3. The minimum Gasteiger partial charge on any atom is -0.483 e. The van der Waals surface area contributed by atoms with Crippen molar-refractivity contribution in [2.75, 3.05) is 11.7 Å². The molecule has 0 aromatic heterocycles. The van der Waals surface area contributed by atoms with Gasteiger partial charge in [0.15, 0.2) is 0 Å². The quantitative estimate of drug-likeness (QED) is 0.454. The lowest BCUT2D eigenvalue weighted by Crippen LogP contribution is -1.87. The molecule has 0 aliphatic rings. The molecule has 1 rings (SSSR count). The van der Waals surface area contributed by atoms with Crippen molar-refractivity contribution in [3.63, 3.8) is 0 Å². The van der Waals surface area contributed by atoms with Gasteiger partial charge in [0.1, 0.15) is 11.7 Å². The molecule has 3 heteroatoms. The molecular weight excluding hydrogens is 188 g/mol. The molecule has 1 aromatic carbocycles. The second-order valence-electron chi connectivity index (χ2n) is 2.18. The summed E-state index contributed by atoms with van der Waals surface area (Å²) in [6.07, 6.45) is 0. The summed E-state index contributed by atoms with van der Waals surface area (Å²) < 4.78 is 5.19. The van der Waals surface area contributed by atoms with E-state index in [9.17, 15) is 0 Å². The monoisotopic (exact) mass is 200 g/mol. The van der Waals surface area contributed by atoms with Gasteiger partial charge in [0.05, 0.1) is 0 Å². The lowest BCUT2D eigenvalue weighted by atomic mass is 10.3. The van der Waals surface area contributed by atoms with Gasteiger partial charge in [-0.1, -0.05) is 6.92 Å². The number of rotatable bonds is 4. The van der Waals surface area contributed by atoms with Crippen molar-refractivity contribution in [2.45, 2.75) is 11.8 Å². The fourth-order valence-electron chi connectivity index (χ4n) is 0.873. The van der Waals surface area contributed by atoms with Crippen molar-refractivity contribution in [3.05, 3.63) is 24.3 Å². The highest BCUT2D eigenvalue weighted by molar-refractivity contribution is 7.99. The van der Waals surface area contributed by atoms with Crippen molar-refractivity contribution in [1.29, 1.82) is 0 Å². The molecule has 0 aliphatic heterocycles. The van der Waals surface area contributed by atoms with Crippen molar-refractivity contribution in [2.24, 2.45) is 0 Å². The Balaban J connectivity index is 2.58. The van der Waals surface area contributed by atoms with E-state index in [1.54, 1.807) is 0 Å². The summed E-state index contributed by atoms with van der Waals surface area (Å²) in [5.74, 6) is 2.41. The molecule has 0 amide bonds. The lowest BCUT2D eigenvalue weighted by Gasteiger charge is -2.02. The molecular formula is C9H12OS2. The third kappa shape index (κ3) is 2.99. The summed E-state index contributed by atoms with van der Waals surface area (Å²) >= 11 is 5.80. The largest absolute Gasteiger partial charge is 0.483 e. The molecule has 0 heterocycles. The zero-order chi connectivity index (χ0) is 8.81. The van der Waals surface area contributed by atoms with Gasteiger partial charge in [-0.2, -0.15) is 0 Å². The van der Waals surface area contributed by atoms with Gasteiger partial charge >= 0.3 is 0 Å². The minimum atomic E-state index is 0.431. The van der Waals surface area contributed by atoms with Crippen molar-refractivity contribution >= 4 is 24.4 Å². The zero-order valence-electron chi connectivity index (χ0n) is 6.99. The summed E-state index contributed by atoms with van der Waals surface area (Å²) in [6.45, 7) is 2.14. The molecule has 66 valence electrons. The molecule has 0 saturated carbocycles. The summed E-state index contributed by atoms with van der Waals surface area (Å²) in [7, 11) is 0. The summed E-state index contributed by atoms with van der Waals surface area (Å²) in [6, 6.07) is 8.06. The van der Waals surface area contributed by atoms with Gasteiger partial charge in [0.25, 0.3) is 0 Å². The molecule has 12 heavy (non-hydrogen) atoms. The summed E-state index contributed by atoms with van der Waals surface area (Å²) in [5, 5.41) is 0. The molecule has 0 radical (unpaired) electrons. The fourth-order valence-corrected chi connectivity index (χ4v) is 1.68. The van der Waals surface area contributed by atoms with Crippen molar-refractivity contribution in [3.8, 4) is 5.75 Å². The second-order valence-corrected chi connectivity index (χ2v) is 3.77. The fraction of sp³-hybridized carbons (Fsp3) is 0.333. The first-order valence-electron chi connectivity index (χ1n) is 3.83. The van der Waals surface area contributed by atoms with E-state index in [0.717, 1.165) is 11.5 Å². The van der Waals surface area contributed by atoms with Gasteiger partial charge in [0, 0.05) is 4.90 Å². The van der Waals surface area contributed by atoms with E-state index in [1.165, 1.54) is 4.90 Å². The Hall–Kier alpha value is -0.280. The van der Waals surface area contributed by atoms with Crippen LogP contribution in [0.25, 0.3) is 0 Å². The minimum absolute atomic E-state index is 0.431. The van der Waals surface area contributed by atoms with Gasteiger partial charge in [-0.25, -0.2) is 0 Å². The Morgan fingerprint density at radius 3 is 2.50 bits per heavy atom. The van der Waals surface area contributed by atoms with Gasteiger partial charge in [-0.3, -0.25) is 0 Å². The van der Waals surface area contributed by atoms with E-state index < -0.39 is 0 Å². The molecule has 0 fully saturated rings. The Kier molecular flexibility index (Phi) is 4.40. The Labute approximate surface area is 82.9 Å². The molecule has 0 atom stereocenters. The van der Waals surface area contributed by atoms with Crippen LogP contribution in [0.1, 0.15) is 6.92 Å². The van der Waals surface area contributed by atoms with E-state index in [2.05, 4.69) is 31.7 Å². The smallest absolute Gasteiger partial charge is 0.131 e. The first-order valence-corrected chi connectivity index (χ1v) is 5.45. The van der Waals surface area contributed by atoms with Crippen LogP contribution >= 0.6 is 24.4 Å². The third-order valence-corrected chi connectivity index (χ3v) is 2.39. The maximum atomic E-state index is 5.19. The highest BCUT2D eigenvalue weighted by atomic mass is 32.2. The van der Waals surface area contributed by atoms with Crippen LogP contribution in [-0.4, -0.2) is 11.7 Å².